The van der Waals surface area contributed by atoms with Gasteiger partial charge in [0.2, 0.25) is 0 Å². The number of hydrogen-bond donors (Lipinski definition) is 3. The van der Waals surface area contributed by atoms with Crippen molar-refractivity contribution in [3.8, 4) is 0 Å². The Bertz CT molecular complexity index is 796. The molecule has 1 unspecified atom stereocenters. The molecule has 1 atom stereocenters. The van der Waals surface area contributed by atoms with E-state index in [0.717, 1.165) is 10.5 Å². The van der Waals surface area contributed by atoms with Crippen LogP contribution in [0.3, 0.4) is 0 Å². The topological polar surface area (TPSA) is 62.6 Å². The quantitative estimate of drug-likeness (QED) is 0.674. The summed E-state index contributed by atoms with van der Waals surface area (Å²) in [5.41, 5.74) is 1.99. The third kappa shape index (κ3) is 5.73. The van der Waals surface area contributed by atoms with E-state index in [9.17, 15) is 9.59 Å². The molecular formula is C19H22Cl2N3O2+. The first-order valence-corrected chi connectivity index (χ1v) is 9.08. The SMILES string of the molecule is CCNC(=O)c1cccc(NC(=O)C[NH+](C)Cc2cccc(Cl)c2Cl)c1. The zero-order chi connectivity index (χ0) is 19.1. The first kappa shape index (κ1) is 20.2. The van der Waals surface area contributed by atoms with Crippen LogP contribution in [0.5, 0.6) is 0 Å². The summed E-state index contributed by atoms with van der Waals surface area (Å²) < 4.78 is 0. The lowest BCUT2D eigenvalue weighted by Crippen LogP contribution is -3.08. The number of anilines is 1. The number of hydrogen-bond acceptors (Lipinski definition) is 2. The zero-order valence-electron chi connectivity index (χ0n) is 14.7. The van der Waals surface area contributed by atoms with Gasteiger partial charge in [0.1, 0.15) is 6.54 Å². The summed E-state index contributed by atoms with van der Waals surface area (Å²) in [5, 5.41) is 6.58. The van der Waals surface area contributed by atoms with Gasteiger partial charge in [-0.25, -0.2) is 0 Å². The molecule has 0 saturated carbocycles. The minimum Gasteiger partial charge on any atom is -0.352 e. The third-order valence-electron chi connectivity index (χ3n) is 3.73. The lowest BCUT2D eigenvalue weighted by Gasteiger charge is -2.15. The molecule has 5 nitrogen and oxygen atoms in total. The van der Waals surface area contributed by atoms with Crippen LogP contribution >= 0.6 is 23.2 Å². The van der Waals surface area contributed by atoms with E-state index in [1.807, 2.05) is 26.1 Å². The standard InChI is InChI=1S/C19H21Cl2N3O2/c1-3-22-19(26)13-6-4-8-15(10-13)23-17(25)12-24(2)11-14-7-5-9-16(20)18(14)21/h4-10H,3,11-12H2,1-2H3,(H,22,26)(H,23,25)/p+1. The number of carbonyl (C=O) groups excluding carboxylic acids is 2. The monoisotopic (exact) mass is 394 g/mol. The van der Waals surface area contributed by atoms with Crippen molar-refractivity contribution in [2.45, 2.75) is 13.5 Å². The number of halogens is 2. The van der Waals surface area contributed by atoms with Crippen LogP contribution in [0.25, 0.3) is 0 Å². The molecular weight excluding hydrogens is 373 g/mol. The Morgan fingerprint density at radius 1 is 1.12 bits per heavy atom. The van der Waals surface area contributed by atoms with Gasteiger partial charge in [-0.1, -0.05) is 41.4 Å². The van der Waals surface area contributed by atoms with Crippen molar-refractivity contribution in [2.24, 2.45) is 0 Å². The first-order chi connectivity index (χ1) is 12.4. The summed E-state index contributed by atoms with van der Waals surface area (Å²) in [6, 6.07) is 12.3. The molecule has 3 N–H and O–H groups in total. The predicted octanol–water partition coefficient (Wildman–Crippen LogP) is 2.40. The molecule has 26 heavy (non-hydrogen) atoms. The van der Waals surface area contributed by atoms with Gasteiger partial charge < -0.3 is 15.5 Å². The molecule has 0 saturated heterocycles. The summed E-state index contributed by atoms with van der Waals surface area (Å²) in [7, 11) is 1.90. The molecule has 0 aromatic heterocycles. The highest BCUT2D eigenvalue weighted by Gasteiger charge is 2.14. The Morgan fingerprint density at radius 3 is 2.58 bits per heavy atom. The lowest BCUT2D eigenvalue weighted by atomic mass is 10.2. The highest BCUT2D eigenvalue weighted by molar-refractivity contribution is 6.42. The van der Waals surface area contributed by atoms with Gasteiger partial charge in [0.25, 0.3) is 11.8 Å². The molecule has 0 heterocycles. The smallest absolute Gasteiger partial charge is 0.279 e. The maximum Gasteiger partial charge on any atom is 0.279 e. The average molecular weight is 395 g/mol. The lowest BCUT2D eigenvalue weighted by molar-refractivity contribution is -0.885. The second kappa shape index (κ2) is 9.57. The Morgan fingerprint density at radius 2 is 1.85 bits per heavy atom. The molecule has 2 aromatic carbocycles. The molecule has 2 amide bonds. The van der Waals surface area contributed by atoms with Gasteiger partial charge in [-0.15, -0.1) is 0 Å². The summed E-state index contributed by atoms with van der Waals surface area (Å²) >= 11 is 12.2. The van der Waals surface area contributed by atoms with Crippen LogP contribution in [0.15, 0.2) is 42.5 Å². The van der Waals surface area contributed by atoms with E-state index in [1.165, 1.54) is 0 Å². The molecule has 0 bridgehead atoms. The largest absolute Gasteiger partial charge is 0.352 e. The second-order valence-electron chi connectivity index (χ2n) is 6.01. The Hall–Kier alpha value is -2.08. The van der Waals surface area contributed by atoms with Gasteiger partial charge in [0.05, 0.1) is 17.1 Å². The van der Waals surface area contributed by atoms with Crippen LogP contribution < -0.4 is 15.5 Å². The van der Waals surface area contributed by atoms with Gasteiger partial charge in [-0.3, -0.25) is 9.59 Å². The Kier molecular flexibility index (Phi) is 7.45. The zero-order valence-corrected chi connectivity index (χ0v) is 16.2. The van der Waals surface area contributed by atoms with Crippen molar-refractivity contribution < 1.29 is 14.5 Å². The highest BCUT2D eigenvalue weighted by atomic mass is 35.5. The van der Waals surface area contributed by atoms with E-state index in [0.29, 0.717) is 34.4 Å². The van der Waals surface area contributed by atoms with Gasteiger partial charge in [0, 0.05) is 23.4 Å². The van der Waals surface area contributed by atoms with Crippen molar-refractivity contribution in [3.05, 3.63) is 63.6 Å². The molecule has 0 spiro atoms. The Balaban J connectivity index is 1.95. The van der Waals surface area contributed by atoms with Gasteiger partial charge in [-0.05, 0) is 31.2 Å². The van der Waals surface area contributed by atoms with Crippen molar-refractivity contribution in [1.29, 1.82) is 0 Å². The van der Waals surface area contributed by atoms with Crippen LogP contribution in [0, 0.1) is 0 Å². The molecule has 0 aliphatic heterocycles. The second-order valence-corrected chi connectivity index (χ2v) is 6.80. The van der Waals surface area contributed by atoms with Gasteiger partial charge >= 0.3 is 0 Å². The molecule has 2 aromatic rings. The number of quaternary nitrogens is 1. The first-order valence-electron chi connectivity index (χ1n) is 8.33. The summed E-state index contributed by atoms with van der Waals surface area (Å²) in [4.78, 5) is 25.1. The van der Waals surface area contributed by atoms with E-state index in [4.69, 9.17) is 23.2 Å². The molecule has 0 radical (unpaired) electrons. The molecule has 2 rings (SSSR count). The maximum absolute atomic E-state index is 12.3. The van der Waals surface area contributed by atoms with Crippen LogP contribution in [0.2, 0.25) is 10.0 Å². The maximum atomic E-state index is 12.3. The van der Waals surface area contributed by atoms with E-state index >= 15 is 0 Å². The summed E-state index contributed by atoms with van der Waals surface area (Å²) in [6.07, 6.45) is 0. The van der Waals surface area contributed by atoms with Gasteiger partial charge in [-0.2, -0.15) is 0 Å². The van der Waals surface area contributed by atoms with E-state index < -0.39 is 0 Å². The normalized spacial score (nSPS) is 11.7. The van der Waals surface area contributed by atoms with Crippen LogP contribution in [0.4, 0.5) is 5.69 Å². The number of benzene rings is 2. The fourth-order valence-electron chi connectivity index (χ4n) is 2.55. The van der Waals surface area contributed by atoms with Crippen LogP contribution in [0.1, 0.15) is 22.8 Å². The number of rotatable bonds is 7. The fraction of sp³-hybridized carbons (Fsp3) is 0.263. The van der Waals surface area contributed by atoms with E-state index in [-0.39, 0.29) is 18.4 Å². The fourth-order valence-corrected chi connectivity index (χ4v) is 2.94. The molecule has 0 aliphatic carbocycles. The molecule has 138 valence electrons. The van der Waals surface area contributed by atoms with E-state index in [2.05, 4.69) is 10.6 Å². The number of carbonyl (C=O) groups is 2. The number of nitrogens with one attached hydrogen (secondary N) is 3. The van der Waals surface area contributed by atoms with Crippen molar-refractivity contribution in [1.82, 2.24) is 5.32 Å². The van der Waals surface area contributed by atoms with Crippen molar-refractivity contribution >= 4 is 40.7 Å². The van der Waals surface area contributed by atoms with Crippen molar-refractivity contribution in [3.63, 3.8) is 0 Å². The highest BCUT2D eigenvalue weighted by Crippen LogP contribution is 2.24. The van der Waals surface area contributed by atoms with Crippen LogP contribution in [-0.2, 0) is 11.3 Å². The molecule has 7 heteroatoms. The van der Waals surface area contributed by atoms with Crippen LogP contribution in [-0.4, -0.2) is 32.0 Å². The molecule has 0 aliphatic rings. The summed E-state index contributed by atoms with van der Waals surface area (Å²) in [6.45, 7) is 3.24. The number of amides is 2. The minimum atomic E-state index is -0.165. The third-order valence-corrected chi connectivity index (χ3v) is 4.59. The number of likely N-dealkylation sites (N-methyl/N-ethyl adjacent to an activating group) is 1. The Labute approximate surface area is 163 Å². The minimum absolute atomic E-state index is 0.145. The van der Waals surface area contributed by atoms with Gasteiger partial charge in [0.15, 0.2) is 6.54 Å². The van der Waals surface area contributed by atoms with E-state index in [1.54, 1.807) is 30.3 Å². The van der Waals surface area contributed by atoms with Crippen molar-refractivity contribution in [2.75, 3.05) is 25.5 Å². The molecule has 0 fully saturated rings. The predicted molar refractivity (Wildman–Crippen MR) is 105 cm³/mol. The average Bonchev–Trinajstić information content (AvgIpc) is 2.59. The summed E-state index contributed by atoms with van der Waals surface area (Å²) in [5.74, 6) is -0.310.